The normalized spacial score (nSPS) is 16.0. The zero-order valence-corrected chi connectivity index (χ0v) is 19.1. The molecule has 0 aliphatic carbocycles. The van der Waals surface area contributed by atoms with Gasteiger partial charge in [-0.15, -0.1) is 0 Å². The predicted molar refractivity (Wildman–Crippen MR) is 125 cm³/mol. The number of amides is 1. The van der Waals surface area contributed by atoms with Gasteiger partial charge in [-0.1, -0.05) is 0 Å². The average molecular weight is 474 g/mol. The average Bonchev–Trinajstić information content (AvgIpc) is 3.08. The summed E-state index contributed by atoms with van der Waals surface area (Å²) < 4.78 is 15.6. The van der Waals surface area contributed by atoms with E-state index in [2.05, 4.69) is 4.99 Å². The number of ether oxygens (including phenoxy) is 3. The van der Waals surface area contributed by atoms with Gasteiger partial charge < -0.3 is 19.3 Å². The predicted octanol–water partition coefficient (Wildman–Crippen LogP) is 3.96. The number of hydrogen-bond acceptors (Lipinski definition) is 9. The van der Waals surface area contributed by atoms with E-state index in [1.807, 2.05) is 0 Å². The van der Waals surface area contributed by atoms with Gasteiger partial charge >= 0.3 is 5.69 Å². The molecule has 3 rings (SSSR count). The van der Waals surface area contributed by atoms with Gasteiger partial charge in [0.05, 0.1) is 42.4 Å². The Kier molecular flexibility index (Phi) is 7.91. The fraction of sp³-hybridized carbons (Fsp3) is 0.273. The third-order valence-electron chi connectivity index (χ3n) is 4.58. The summed E-state index contributed by atoms with van der Waals surface area (Å²) in [4.78, 5) is 30.1. The SMILES string of the molecule is CCOc1cc(/C=C2\SC(=Nc3ccc(OC)cc3)N(CCOC)C2=O)cc([N+](=O)[O-])c1O. The molecule has 1 saturated heterocycles. The number of carbonyl (C=O) groups excluding carboxylic acids is 1. The number of carbonyl (C=O) groups is 1. The Morgan fingerprint density at radius 2 is 1.97 bits per heavy atom. The maximum absolute atomic E-state index is 13.1. The van der Waals surface area contributed by atoms with Crippen LogP contribution < -0.4 is 9.47 Å². The first-order valence-corrected chi connectivity index (χ1v) is 10.8. The number of aromatic hydroxyl groups is 1. The van der Waals surface area contributed by atoms with E-state index >= 15 is 0 Å². The zero-order valence-electron chi connectivity index (χ0n) is 18.3. The molecule has 0 radical (unpaired) electrons. The van der Waals surface area contributed by atoms with Crippen molar-refractivity contribution < 1.29 is 29.0 Å². The summed E-state index contributed by atoms with van der Waals surface area (Å²) in [7, 11) is 3.11. The Labute approximate surface area is 194 Å². The van der Waals surface area contributed by atoms with E-state index in [9.17, 15) is 20.0 Å². The number of aliphatic imine (C=N–C) groups is 1. The molecule has 1 amide bonds. The van der Waals surface area contributed by atoms with Crippen LogP contribution in [0.1, 0.15) is 12.5 Å². The number of hydrogen-bond donors (Lipinski definition) is 1. The first-order valence-electron chi connectivity index (χ1n) is 9.95. The topological polar surface area (TPSA) is 124 Å². The number of phenols is 1. The number of nitro benzene ring substituents is 1. The quantitative estimate of drug-likeness (QED) is 0.330. The van der Waals surface area contributed by atoms with Gasteiger partial charge in [0.25, 0.3) is 5.91 Å². The van der Waals surface area contributed by atoms with Gasteiger partial charge in [0, 0.05) is 13.2 Å². The monoisotopic (exact) mass is 473 g/mol. The van der Waals surface area contributed by atoms with Crippen LogP contribution in [-0.2, 0) is 9.53 Å². The van der Waals surface area contributed by atoms with Gasteiger partial charge in [0.2, 0.25) is 5.75 Å². The molecule has 1 N–H and O–H groups in total. The summed E-state index contributed by atoms with van der Waals surface area (Å²) >= 11 is 1.14. The van der Waals surface area contributed by atoms with Crippen LogP contribution in [0.5, 0.6) is 17.2 Å². The fourth-order valence-corrected chi connectivity index (χ4v) is 4.02. The minimum Gasteiger partial charge on any atom is -0.500 e. The van der Waals surface area contributed by atoms with Crippen LogP contribution in [0.2, 0.25) is 0 Å². The molecule has 1 heterocycles. The maximum atomic E-state index is 13.1. The highest BCUT2D eigenvalue weighted by Crippen LogP contribution is 2.40. The minimum absolute atomic E-state index is 0.0302. The highest BCUT2D eigenvalue weighted by Gasteiger charge is 2.33. The van der Waals surface area contributed by atoms with Crippen molar-refractivity contribution in [1.29, 1.82) is 0 Å². The van der Waals surface area contributed by atoms with E-state index in [0.29, 0.717) is 33.7 Å². The van der Waals surface area contributed by atoms with Crippen molar-refractivity contribution in [2.45, 2.75) is 6.92 Å². The number of rotatable bonds is 9. The van der Waals surface area contributed by atoms with E-state index in [1.54, 1.807) is 38.3 Å². The third kappa shape index (κ3) is 5.62. The summed E-state index contributed by atoms with van der Waals surface area (Å²) in [5.74, 6) is -0.210. The number of thioether (sulfide) groups is 1. The van der Waals surface area contributed by atoms with Crippen LogP contribution in [0.15, 0.2) is 46.3 Å². The number of nitro groups is 1. The lowest BCUT2D eigenvalue weighted by atomic mass is 10.1. The van der Waals surface area contributed by atoms with Crippen molar-refractivity contribution in [2.75, 3.05) is 34.0 Å². The molecule has 0 spiro atoms. The molecule has 33 heavy (non-hydrogen) atoms. The summed E-state index contributed by atoms with van der Waals surface area (Å²) in [6.07, 6.45) is 1.51. The van der Waals surface area contributed by atoms with Gasteiger partial charge in [-0.3, -0.25) is 19.8 Å². The molecule has 1 aliphatic heterocycles. The number of phenolic OH excluding ortho intramolecular Hbond substituents is 1. The molecule has 0 atom stereocenters. The van der Waals surface area contributed by atoms with Crippen LogP contribution in [0.25, 0.3) is 6.08 Å². The molecule has 174 valence electrons. The molecule has 0 bridgehead atoms. The molecule has 2 aromatic rings. The van der Waals surface area contributed by atoms with Crippen LogP contribution in [0, 0.1) is 10.1 Å². The van der Waals surface area contributed by atoms with E-state index in [0.717, 1.165) is 11.8 Å². The first-order chi connectivity index (χ1) is 15.9. The van der Waals surface area contributed by atoms with Gasteiger partial charge in [-0.25, -0.2) is 4.99 Å². The van der Waals surface area contributed by atoms with Crippen molar-refractivity contribution in [1.82, 2.24) is 4.90 Å². The highest BCUT2D eigenvalue weighted by molar-refractivity contribution is 8.18. The van der Waals surface area contributed by atoms with Crippen LogP contribution >= 0.6 is 11.8 Å². The summed E-state index contributed by atoms with van der Waals surface area (Å²) in [5, 5.41) is 21.9. The van der Waals surface area contributed by atoms with Crippen molar-refractivity contribution in [3.05, 3.63) is 57.0 Å². The second-order valence-electron chi connectivity index (χ2n) is 6.73. The second kappa shape index (κ2) is 10.8. The van der Waals surface area contributed by atoms with E-state index in [1.165, 1.54) is 30.2 Å². The maximum Gasteiger partial charge on any atom is 0.315 e. The number of nitrogens with zero attached hydrogens (tertiary/aromatic N) is 3. The van der Waals surface area contributed by atoms with Crippen LogP contribution in [0.4, 0.5) is 11.4 Å². The van der Waals surface area contributed by atoms with Crippen LogP contribution in [0.3, 0.4) is 0 Å². The molecule has 0 aromatic heterocycles. The van der Waals surface area contributed by atoms with E-state index in [4.69, 9.17) is 14.2 Å². The third-order valence-corrected chi connectivity index (χ3v) is 5.58. The van der Waals surface area contributed by atoms with Crippen molar-refractivity contribution in [3.8, 4) is 17.2 Å². The Bertz CT molecular complexity index is 1100. The highest BCUT2D eigenvalue weighted by atomic mass is 32.2. The molecule has 10 nitrogen and oxygen atoms in total. The molecule has 2 aromatic carbocycles. The number of methoxy groups -OCH3 is 2. The minimum atomic E-state index is -0.703. The summed E-state index contributed by atoms with van der Waals surface area (Å²) in [6.45, 7) is 2.50. The molecule has 1 fully saturated rings. The lowest BCUT2D eigenvalue weighted by molar-refractivity contribution is -0.386. The van der Waals surface area contributed by atoms with Crippen LogP contribution in [-0.4, -0.2) is 60.0 Å². The van der Waals surface area contributed by atoms with Crippen molar-refractivity contribution in [2.24, 2.45) is 4.99 Å². The molecule has 0 saturated carbocycles. The molecule has 0 unspecified atom stereocenters. The second-order valence-corrected chi connectivity index (χ2v) is 7.74. The van der Waals surface area contributed by atoms with Crippen molar-refractivity contribution in [3.63, 3.8) is 0 Å². The van der Waals surface area contributed by atoms with Gasteiger partial charge in [0.15, 0.2) is 10.9 Å². The van der Waals surface area contributed by atoms with Crippen molar-refractivity contribution >= 4 is 40.3 Å². The lowest BCUT2D eigenvalue weighted by Gasteiger charge is -2.14. The van der Waals surface area contributed by atoms with E-state index in [-0.39, 0.29) is 24.8 Å². The van der Waals surface area contributed by atoms with Gasteiger partial charge in [-0.2, -0.15) is 0 Å². The zero-order chi connectivity index (χ0) is 24.0. The Hall–Kier alpha value is -3.57. The number of amidine groups is 1. The smallest absolute Gasteiger partial charge is 0.315 e. The first kappa shape index (κ1) is 24.1. The van der Waals surface area contributed by atoms with Gasteiger partial charge in [0.1, 0.15) is 5.75 Å². The Balaban J connectivity index is 2.00. The number of benzene rings is 2. The Morgan fingerprint density at radius 3 is 2.58 bits per heavy atom. The fourth-order valence-electron chi connectivity index (χ4n) is 2.99. The van der Waals surface area contributed by atoms with E-state index < -0.39 is 16.4 Å². The summed E-state index contributed by atoms with van der Waals surface area (Å²) in [6, 6.07) is 9.71. The summed E-state index contributed by atoms with van der Waals surface area (Å²) in [5.41, 5.74) is 0.469. The molecular weight excluding hydrogens is 450 g/mol. The lowest BCUT2D eigenvalue weighted by Crippen LogP contribution is -2.32. The van der Waals surface area contributed by atoms with Gasteiger partial charge in [-0.05, 0) is 60.7 Å². The molecule has 11 heteroatoms. The Morgan fingerprint density at radius 1 is 1.24 bits per heavy atom. The standard InChI is InChI=1S/C22H23N3O7S/c1-4-32-18-12-14(11-17(20(18)26)25(28)29)13-19-21(27)24(9-10-30-2)22(33-19)23-15-5-7-16(31-3)8-6-15/h5-8,11-13,26H,4,9-10H2,1-3H3/b19-13-,23-22?. The largest absolute Gasteiger partial charge is 0.500 e. The molecular formula is C22H23N3O7S. The molecule has 1 aliphatic rings.